The number of aryl methyl sites for hydroxylation is 1. The molecule has 1 heterocycles. The molecule has 0 fully saturated rings. The number of carbonyl (C=O) groups excluding carboxylic acids is 1. The van der Waals surface area contributed by atoms with E-state index in [9.17, 15) is 9.59 Å². The number of aldehydes is 1. The number of rotatable bonds is 1. The number of hydrogen-bond donors (Lipinski definition) is 1. The normalized spacial score (nSPS) is 10.5. The first-order valence-electron chi connectivity index (χ1n) is 4.40. The second-order valence-corrected chi connectivity index (χ2v) is 3.77. The van der Waals surface area contributed by atoms with Crippen LogP contribution in [0.4, 0.5) is 0 Å². The van der Waals surface area contributed by atoms with Crippen molar-refractivity contribution in [1.29, 1.82) is 0 Å². The highest BCUT2D eigenvalue weighted by atomic mass is 35.5. The van der Waals surface area contributed by atoms with Crippen LogP contribution in [-0.2, 0) is 0 Å². The van der Waals surface area contributed by atoms with Gasteiger partial charge in [-0.05, 0) is 36.1 Å². The Morgan fingerprint density at radius 2 is 2.07 bits per heavy atom. The lowest BCUT2D eigenvalue weighted by Gasteiger charge is -2.02. The van der Waals surface area contributed by atoms with E-state index in [2.05, 4.69) is 4.98 Å². The third-order valence-corrected chi connectivity index (χ3v) is 2.69. The van der Waals surface area contributed by atoms with Gasteiger partial charge in [-0.15, -0.1) is 0 Å². The molecule has 3 nitrogen and oxygen atoms in total. The minimum Gasteiger partial charge on any atom is -0.321 e. The molecule has 0 saturated heterocycles. The average molecular weight is 222 g/mol. The van der Waals surface area contributed by atoms with E-state index in [0.717, 1.165) is 10.9 Å². The number of nitrogens with one attached hydrogen (secondary N) is 1. The molecule has 0 aliphatic heterocycles. The number of H-pyrrole nitrogens is 1. The number of hydrogen-bond acceptors (Lipinski definition) is 2. The van der Waals surface area contributed by atoms with Crippen LogP contribution >= 0.6 is 11.6 Å². The summed E-state index contributed by atoms with van der Waals surface area (Å²) >= 11 is 5.92. The number of benzene rings is 1. The van der Waals surface area contributed by atoms with Crippen molar-refractivity contribution in [2.24, 2.45) is 0 Å². The van der Waals surface area contributed by atoms with Crippen LogP contribution in [0.1, 0.15) is 15.9 Å². The second-order valence-electron chi connectivity index (χ2n) is 3.36. The topological polar surface area (TPSA) is 49.9 Å². The van der Waals surface area contributed by atoms with E-state index in [-0.39, 0.29) is 5.56 Å². The quantitative estimate of drug-likeness (QED) is 0.752. The molecular formula is C11H8ClNO2. The molecule has 0 bridgehead atoms. The Kier molecular flexibility index (Phi) is 2.32. The molecule has 2 rings (SSSR count). The van der Waals surface area contributed by atoms with E-state index >= 15 is 0 Å². The van der Waals surface area contributed by atoms with Crippen molar-refractivity contribution in [2.75, 3.05) is 0 Å². The Morgan fingerprint density at radius 1 is 1.33 bits per heavy atom. The number of carbonyl (C=O) groups is 1. The van der Waals surface area contributed by atoms with Crippen LogP contribution in [0.25, 0.3) is 10.9 Å². The second kappa shape index (κ2) is 3.51. The zero-order valence-electron chi connectivity index (χ0n) is 8.00. The summed E-state index contributed by atoms with van der Waals surface area (Å²) in [6.45, 7) is 1.87. The fourth-order valence-corrected chi connectivity index (χ4v) is 1.61. The number of pyridine rings is 1. The fraction of sp³-hybridized carbons (Fsp3) is 0.0909. The van der Waals surface area contributed by atoms with Gasteiger partial charge in [-0.1, -0.05) is 11.6 Å². The minimum absolute atomic E-state index is 0.129. The first kappa shape index (κ1) is 9.93. The summed E-state index contributed by atoms with van der Waals surface area (Å²) in [4.78, 5) is 24.5. The van der Waals surface area contributed by atoms with Gasteiger partial charge in [0.15, 0.2) is 6.29 Å². The van der Waals surface area contributed by atoms with Crippen LogP contribution in [0.3, 0.4) is 0 Å². The first-order valence-corrected chi connectivity index (χ1v) is 4.78. The summed E-state index contributed by atoms with van der Waals surface area (Å²) in [6.07, 6.45) is 0.544. The SMILES string of the molecule is Cc1cc2cc(C=O)c(=O)[nH]c2cc1Cl. The van der Waals surface area contributed by atoms with Gasteiger partial charge in [-0.3, -0.25) is 9.59 Å². The summed E-state index contributed by atoms with van der Waals surface area (Å²) in [7, 11) is 0. The van der Waals surface area contributed by atoms with E-state index in [4.69, 9.17) is 11.6 Å². The Bertz CT molecular complexity index is 601. The summed E-state index contributed by atoms with van der Waals surface area (Å²) < 4.78 is 0. The smallest absolute Gasteiger partial charge is 0.259 e. The predicted octanol–water partition coefficient (Wildman–Crippen LogP) is 2.30. The number of halogens is 1. The van der Waals surface area contributed by atoms with Gasteiger partial charge >= 0.3 is 0 Å². The molecular weight excluding hydrogens is 214 g/mol. The maximum Gasteiger partial charge on any atom is 0.259 e. The Balaban J connectivity index is 2.88. The third kappa shape index (κ3) is 1.66. The summed E-state index contributed by atoms with van der Waals surface area (Å²) in [5, 5.41) is 1.40. The molecule has 1 aromatic heterocycles. The van der Waals surface area contributed by atoms with Crippen molar-refractivity contribution in [1.82, 2.24) is 4.98 Å². The molecule has 0 amide bonds. The van der Waals surface area contributed by atoms with Crippen molar-refractivity contribution >= 4 is 28.8 Å². The molecule has 0 unspecified atom stereocenters. The lowest BCUT2D eigenvalue weighted by molar-refractivity contribution is 0.112. The van der Waals surface area contributed by atoms with Crippen LogP contribution in [0.2, 0.25) is 5.02 Å². The molecule has 4 heteroatoms. The number of aromatic amines is 1. The van der Waals surface area contributed by atoms with E-state index in [0.29, 0.717) is 16.8 Å². The zero-order chi connectivity index (χ0) is 11.0. The summed E-state index contributed by atoms with van der Waals surface area (Å²) in [5.41, 5.74) is 1.29. The molecule has 15 heavy (non-hydrogen) atoms. The van der Waals surface area contributed by atoms with Gasteiger partial charge in [0.05, 0.1) is 5.56 Å². The molecule has 2 aromatic rings. The van der Waals surface area contributed by atoms with Crippen molar-refractivity contribution in [3.63, 3.8) is 0 Å². The molecule has 0 atom stereocenters. The largest absolute Gasteiger partial charge is 0.321 e. The van der Waals surface area contributed by atoms with E-state index in [1.165, 1.54) is 0 Å². The number of aromatic nitrogens is 1. The van der Waals surface area contributed by atoms with Gasteiger partial charge in [-0.2, -0.15) is 0 Å². The Hall–Kier alpha value is -1.61. The average Bonchev–Trinajstić information content (AvgIpc) is 2.20. The maximum absolute atomic E-state index is 11.3. The summed E-state index contributed by atoms with van der Waals surface area (Å²) in [6, 6.07) is 5.08. The molecule has 0 spiro atoms. The fourth-order valence-electron chi connectivity index (χ4n) is 1.45. The maximum atomic E-state index is 11.3. The lowest BCUT2D eigenvalue weighted by Crippen LogP contribution is -2.11. The molecule has 76 valence electrons. The molecule has 0 radical (unpaired) electrons. The molecule has 0 aliphatic rings. The Labute approximate surface area is 90.7 Å². The van der Waals surface area contributed by atoms with Crippen LogP contribution in [0.15, 0.2) is 23.0 Å². The van der Waals surface area contributed by atoms with Gasteiger partial charge in [-0.25, -0.2) is 0 Å². The van der Waals surface area contributed by atoms with Crippen molar-refractivity contribution in [2.45, 2.75) is 6.92 Å². The lowest BCUT2D eigenvalue weighted by atomic mass is 10.1. The molecule has 1 aromatic carbocycles. The van der Waals surface area contributed by atoms with E-state index < -0.39 is 5.56 Å². The highest BCUT2D eigenvalue weighted by molar-refractivity contribution is 6.32. The van der Waals surface area contributed by atoms with E-state index in [1.54, 1.807) is 12.1 Å². The number of fused-ring (bicyclic) bond motifs is 1. The van der Waals surface area contributed by atoms with Gasteiger partial charge in [0, 0.05) is 10.5 Å². The highest BCUT2D eigenvalue weighted by Gasteiger charge is 2.04. The van der Waals surface area contributed by atoms with Crippen molar-refractivity contribution in [3.05, 3.63) is 44.7 Å². The van der Waals surface area contributed by atoms with Gasteiger partial charge in [0.25, 0.3) is 5.56 Å². The third-order valence-electron chi connectivity index (χ3n) is 2.28. The van der Waals surface area contributed by atoms with Crippen LogP contribution in [0, 0.1) is 6.92 Å². The standard InChI is InChI=1S/C11H8ClNO2/c1-6-2-7-3-8(5-14)11(15)13-10(7)4-9(6)12/h2-5H,1H3,(H,13,15). The van der Waals surface area contributed by atoms with Gasteiger partial charge in [0.1, 0.15) is 0 Å². The van der Waals surface area contributed by atoms with Crippen LogP contribution in [-0.4, -0.2) is 11.3 Å². The first-order chi connectivity index (χ1) is 7.11. The van der Waals surface area contributed by atoms with Crippen molar-refractivity contribution in [3.8, 4) is 0 Å². The molecule has 1 N–H and O–H groups in total. The van der Waals surface area contributed by atoms with Crippen LogP contribution in [0.5, 0.6) is 0 Å². The van der Waals surface area contributed by atoms with Crippen LogP contribution < -0.4 is 5.56 Å². The molecule has 0 saturated carbocycles. The predicted molar refractivity (Wildman–Crippen MR) is 59.7 cm³/mol. The zero-order valence-corrected chi connectivity index (χ0v) is 8.76. The summed E-state index contributed by atoms with van der Waals surface area (Å²) in [5.74, 6) is 0. The minimum atomic E-state index is -0.391. The van der Waals surface area contributed by atoms with Crippen molar-refractivity contribution < 1.29 is 4.79 Å². The molecule has 0 aliphatic carbocycles. The monoisotopic (exact) mass is 221 g/mol. The van der Waals surface area contributed by atoms with Gasteiger partial charge < -0.3 is 4.98 Å². The Morgan fingerprint density at radius 3 is 2.73 bits per heavy atom. The van der Waals surface area contributed by atoms with Gasteiger partial charge in [0.2, 0.25) is 0 Å². The van der Waals surface area contributed by atoms with E-state index in [1.807, 2.05) is 13.0 Å². The highest BCUT2D eigenvalue weighted by Crippen LogP contribution is 2.21.